The SMILES string of the molecule is Cc1ccc2c(c1)N(C[C@@H]1CC[C@H]1[C@@H](C1=C[C@H]([C@H](C)[C@@H](C)S(=O)(=O)NC=O)C1)C(C)C)Cc1ccc(Cl)c(F)c1CCCCO2. The van der Waals surface area contributed by atoms with Crippen LogP contribution in [0, 0.1) is 48.2 Å². The Morgan fingerprint density at radius 1 is 1.13 bits per heavy atom. The summed E-state index contributed by atoms with van der Waals surface area (Å²) in [5.74, 6) is 2.51. The first-order chi connectivity index (χ1) is 21.4. The van der Waals surface area contributed by atoms with E-state index in [-0.39, 0.29) is 29.1 Å². The molecule has 0 unspecified atom stereocenters. The second-order valence-corrected chi connectivity index (χ2v) is 16.4. The van der Waals surface area contributed by atoms with E-state index in [1.54, 1.807) is 13.0 Å². The summed E-state index contributed by atoms with van der Waals surface area (Å²) in [6.07, 6.45) is 8.04. The molecule has 3 aliphatic rings. The van der Waals surface area contributed by atoms with Crippen LogP contribution in [0.2, 0.25) is 5.02 Å². The largest absolute Gasteiger partial charge is 0.491 e. The van der Waals surface area contributed by atoms with Crippen LogP contribution < -0.4 is 14.4 Å². The molecule has 0 bridgehead atoms. The Bertz CT molecular complexity index is 1530. The van der Waals surface area contributed by atoms with Crippen LogP contribution in [0.5, 0.6) is 5.75 Å². The number of sulfonamides is 1. The van der Waals surface area contributed by atoms with Crippen molar-refractivity contribution in [1.29, 1.82) is 0 Å². The third-order valence-electron chi connectivity index (χ3n) is 10.7. The number of allylic oxidation sites excluding steroid dienone is 2. The fourth-order valence-electron chi connectivity index (χ4n) is 7.77. The van der Waals surface area contributed by atoms with Crippen LogP contribution in [0.3, 0.4) is 0 Å². The van der Waals surface area contributed by atoms with Crippen molar-refractivity contribution in [1.82, 2.24) is 4.72 Å². The number of amides is 1. The molecule has 2 aliphatic carbocycles. The third kappa shape index (κ3) is 7.22. The van der Waals surface area contributed by atoms with Gasteiger partial charge in [0.1, 0.15) is 11.6 Å². The number of hydrogen-bond acceptors (Lipinski definition) is 5. The van der Waals surface area contributed by atoms with Gasteiger partial charge >= 0.3 is 0 Å². The zero-order valence-corrected chi connectivity index (χ0v) is 28.8. The van der Waals surface area contributed by atoms with Gasteiger partial charge in [0.2, 0.25) is 16.4 Å². The lowest BCUT2D eigenvalue weighted by molar-refractivity contribution is -0.108. The molecule has 6 atom stereocenters. The summed E-state index contributed by atoms with van der Waals surface area (Å²) in [7, 11) is -3.68. The topological polar surface area (TPSA) is 75.7 Å². The summed E-state index contributed by atoms with van der Waals surface area (Å²) in [5, 5.41) is -0.479. The summed E-state index contributed by atoms with van der Waals surface area (Å²) in [6.45, 7) is 12.3. The van der Waals surface area contributed by atoms with Gasteiger partial charge in [0.15, 0.2) is 0 Å². The van der Waals surface area contributed by atoms with E-state index in [2.05, 4.69) is 49.9 Å². The van der Waals surface area contributed by atoms with Crippen LogP contribution in [0.15, 0.2) is 42.0 Å². The summed E-state index contributed by atoms with van der Waals surface area (Å²) >= 11 is 6.25. The summed E-state index contributed by atoms with van der Waals surface area (Å²) in [4.78, 5) is 13.2. The van der Waals surface area contributed by atoms with Crippen LogP contribution >= 0.6 is 11.6 Å². The lowest BCUT2D eigenvalue weighted by atomic mass is 9.58. The van der Waals surface area contributed by atoms with Gasteiger partial charge in [-0.05, 0) is 123 Å². The van der Waals surface area contributed by atoms with Gasteiger partial charge in [-0.2, -0.15) is 0 Å². The molecule has 2 aromatic carbocycles. The maximum Gasteiger partial charge on any atom is 0.237 e. The summed E-state index contributed by atoms with van der Waals surface area (Å²) in [5.41, 5.74) is 5.34. The van der Waals surface area contributed by atoms with Crippen LogP contribution in [-0.4, -0.2) is 33.2 Å². The molecule has 5 rings (SSSR count). The number of rotatable bonds is 10. The molecular weight excluding hydrogens is 611 g/mol. The number of benzene rings is 2. The normalized spacial score (nSPS) is 24.0. The maximum absolute atomic E-state index is 15.4. The number of halogens is 2. The highest BCUT2D eigenvalue weighted by molar-refractivity contribution is 7.90. The Morgan fingerprint density at radius 2 is 1.89 bits per heavy atom. The van der Waals surface area contributed by atoms with Crippen LogP contribution in [0.25, 0.3) is 0 Å². The average Bonchev–Trinajstić information content (AvgIpc) is 2.98. The molecule has 1 amide bonds. The molecule has 1 heterocycles. The van der Waals surface area contributed by atoms with E-state index in [4.69, 9.17) is 16.3 Å². The average molecular weight is 659 g/mol. The molecular formula is C36H48ClFN2O4S. The van der Waals surface area contributed by atoms with Gasteiger partial charge in [-0.1, -0.05) is 56.2 Å². The number of carbonyl (C=O) groups is 1. The lowest BCUT2D eigenvalue weighted by Crippen LogP contribution is -2.45. The van der Waals surface area contributed by atoms with E-state index in [9.17, 15) is 13.2 Å². The Labute approximate surface area is 273 Å². The smallest absolute Gasteiger partial charge is 0.237 e. The molecule has 0 spiro atoms. The van der Waals surface area contributed by atoms with Crippen molar-refractivity contribution in [2.24, 2.45) is 35.5 Å². The highest BCUT2D eigenvalue weighted by atomic mass is 35.5. The molecule has 1 fully saturated rings. The van der Waals surface area contributed by atoms with Gasteiger partial charge in [0, 0.05) is 13.1 Å². The second kappa shape index (κ2) is 14.0. The first-order valence-electron chi connectivity index (χ1n) is 16.5. The van der Waals surface area contributed by atoms with Gasteiger partial charge < -0.3 is 9.64 Å². The van der Waals surface area contributed by atoms with Crippen molar-refractivity contribution < 1.29 is 22.3 Å². The van der Waals surface area contributed by atoms with E-state index in [0.29, 0.717) is 48.8 Å². The standard InChI is InChI=1S/C36H48ClFN2O4S/c1-22(2)35(29-17-28(18-29)24(4)25(5)45(42,43)39-21-41)30-12-10-26(30)19-40-20-27-11-13-32(37)36(38)31(27)8-6-7-15-44-34-14-9-23(3)16-33(34)40/h9,11,13-14,16-17,21-22,24-26,28,30,35H,6-8,10,12,15,18-20H2,1-5H3,(H,39,41)/t24-,25-,26+,28+,30-,35-/m1/s1. The molecule has 45 heavy (non-hydrogen) atoms. The Hall–Kier alpha value is -2.58. The highest BCUT2D eigenvalue weighted by Crippen LogP contribution is 2.51. The molecule has 6 nitrogen and oxygen atoms in total. The minimum Gasteiger partial charge on any atom is -0.491 e. The first-order valence-corrected chi connectivity index (χ1v) is 18.4. The number of ether oxygens (including phenoxy) is 1. The number of hydrogen-bond donors (Lipinski definition) is 1. The minimum absolute atomic E-state index is 0.0944. The quantitative estimate of drug-likeness (QED) is 0.208. The molecule has 1 aliphatic heterocycles. The van der Waals surface area contributed by atoms with Crippen LogP contribution in [0.1, 0.15) is 76.5 Å². The Morgan fingerprint density at radius 3 is 2.56 bits per heavy atom. The lowest BCUT2D eigenvalue weighted by Gasteiger charge is -2.49. The Balaban J connectivity index is 1.40. The van der Waals surface area contributed by atoms with Crippen molar-refractivity contribution in [3.8, 4) is 5.75 Å². The molecule has 0 radical (unpaired) electrons. The van der Waals surface area contributed by atoms with E-state index in [1.807, 2.05) is 17.7 Å². The molecule has 1 N–H and O–H groups in total. The van der Waals surface area contributed by atoms with E-state index < -0.39 is 15.3 Å². The predicted octanol–water partition coefficient (Wildman–Crippen LogP) is 7.85. The number of anilines is 1. The number of nitrogens with one attached hydrogen (secondary N) is 1. The summed E-state index contributed by atoms with van der Waals surface area (Å²) < 4.78 is 48.6. The van der Waals surface area contributed by atoms with E-state index in [1.165, 1.54) is 5.57 Å². The second-order valence-electron chi connectivity index (χ2n) is 13.9. The number of fused-ring (bicyclic) bond motifs is 2. The summed E-state index contributed by atoms with van der Waals surface area (Å²) in [6, 6.07) is 10.0. The zero-order chi connectivity index (χ0) is 32.5. The van der Waals surface area contributed by atoms with Gasteiger partial charge in [0.25, 0.3) is 0 Å². The van der Waals surface area contributed by atoms with Crippen molar-refractivity contribution in [3.05, 3.63) is 69.5 Å². The number of nitrogens with zero attached hydrogens (tertiary/aromatic N) is 1. The predicted molar refractivity (Wildman–Crippen MR) is 180 cm³/mol. The van der Waals surface area contributed by atoms with Crippen LogP contribution in [0.4, 0.5) is 10.1 Å². The fraction of sp³-hybridized carbons (Fsp3) is 0.583. The number of carbonyl (C=O) groups excluding carboxylic acids is 1. The fourth-order valence-corrected chi connectivity index (χ4v) is 9.06. The van der Waals surface area contributed by atoms with E-state index >= 15 is 4.39 Å². The molecule has 0 saturated heterocycles. The Kier molecular flexibility index (Phi) is 10.5. The van der Waals surface area contributed by atoms with Crippen LogP contribution in [-0.2, 0) is 27.8 Å². The monoisotopic (exact) mass is 658 g/mol. The minimum atomic E-state index is -3.68. The number of aryl methyl sites for hydroxylation is 1. The van der Waals surface area contributed by atoms with Crippen molar-refractivity contribution in [2.45, 2.75) is 84.9 Å². The molecule has 246 valence electrons. The molecule has 9 heteroatoms. The van der Waals surface area contributed by atoms with Crippen molar-refractivity contribution >= 4 is 33.7 Å². The van der Waals surface area contributed by atoms with Gasteiger partial charge in [-0.15, -0.1) is 0 Å². The van der Waals surface area contributed by atoms with Crippen molar-refractivity contribution in [2.75, 3.05) is 18.1 Å². The highest BCUT2D eigenvalue weighted by Gasteiger charge is 2.44. The van der Waals surface area contributed by atoms with Gasteiger partial charge in [-0.3, -0.25) is 9.52 Å². The third-order valence-corrected chi connectivity index (χ3v) is 12.9. The zero-order valence-electron chi connectivity index (χ0n) is 27.2. The molecule has 2 aromatic rings. The van der Waals surface area contributed by atoms with E-state index in [0.717, 1.165) is 61.2 Å². The molecule has 1 saturated carbocycles. The van der Waals surface area contributed by atoms with Gasteiger partial charge in [-0.25, -0.2) is 12.8 Å². The first kappa shape index (κ1) is 33.8. The van der Waals surface area contributed by atoms with Crippen molar-refractivity contribution in [3.63, 3.8) is 0 Å². The van der Waals surface area contributed by atoms with Gasteiger partial charge in [0.05, 0.1) is 22.6 Å². The molecule has 0 aromatic heterocycles. The maximum atomic E-state index is 15.4.